The third kappa shape index (κ3) is 4.14. The highest BCUT2D eigenvalue weighted by molar-refractivity contribution is 5.09. The molecular weight excluding hydrogens is 302 g/mol. The first-order valence-corrected chi connectivity index (χ1v) is 9.40. The van der Waals surface area contributed by atoms with Gasteiger partial charge in [0, 0.05) is 57.6 Å². The van der Waals surface area contributed by atoms with E-state index < -0.39 is 0 Å². The van der Waals surface area contributed by atoms with Gasteiger partial charge in [0.2, 0.25) is 0 Å². The maximum absolute atomic E-state index is 6.24. The van der Waals surface area contributed by atoms with E-state index in [4.69, 9.17) is 9.47 Å². The molecule has 0 radical (unpaired) electrons. The summed E-state index contributed by atoms with van der Waals surface area (Å²) in [6.45, 7) is 9.46. The Kier molecular flexibility index (Phi) is 5.43. The van der Waals surface area contributed by atoms with E-state index >= 15 is 0 Å². The zero-order valence-corrected chi connectivity index (χ0v) is 14.5. The smallest absolute Gasteiger partial charge is 0.0743 e. The summed E-state index contributed by atoms with van der Waals surface area (Å²) in [4.78, 5) is 9.28. The number of nitrogens with zero attached hydrogens (tertiary/aromatic N) is 3. The van der Waals surface area contributed by atoms with Crippen molar-refractivity contribution < 1.29 is 9.47 Å². The van der Waals surface area contributed by atoms with Crippen molar-refractivity contribution in [2.75, 3.05) is 52.5 Å². The fraction of sp³-hybridized carbons (Fsp3) is 0.737. The van der Waals surface area contributed by atoms with Crippen LogP contribution >= 0.6 is 0 Å². The molecule has 1 aromatic heterocycles. The third-order valence-electron chi connectivity index (χ3n) is 5.71. The molecule has 3 atom stereocenters. The van der Waals surface area contributed by atoms with Crippen molar-refractivity contribution in [3.05, 3.63) is 30.1 Å². The standard InChI is InChI=1S/C19H29N3O2/c1-5-20-6-2-16(1)11-22-8-10-24-19-14-21(7-3-18(19)13-22)12-17-4-9-23-15-17/h1-2,5-6,17-19H,3-4,7-15H2/t17-,18-,19-/m1/s1. The number of likely N-dealkylation sites (tertiary alicyclic amines) is 1. The lowest BCUT2D eigenvalue weighted by atomic mass is 9.92. The molecule has 5 heteroatoms. The molecule has 0 aliphatic carbocycles. The molecule has 0 aromatic carbocycles. The summed E-state index contributed by atoms with van der Waals surface area (Å²) in [5.74, 6) is 1.40. The van der Waals surface area contributed by atoms with Crippen LogP contribution in [0.5, 0.6) is 0 Å². The third-order valence-corrected chi connectivity index (χ3v) is 5.71. The van der Waals surface area contributed by atoms with Crippen molar-refractivity contribution in [3.8, 4) is 0 Å². The fourth-order valence-electron chi connectivity index (χ4n) is 4.33. The van der Waals surface area contributed by atoms with Gasteiger partial charge in [-0.3, -0.25) is 9.88 Å². The summed E-state index contributed by atoms with van der Waals surface area (Å²) in [7, 11) is 0. The Morgan fingerprint density at radius 1 is 1.04 bits per heavy atom. The number of fused-ring (bicyclic) bond motifs is 1. The normalized spacial score (nSPS) is 32.4. The maximum Gasteiger partial charge on any atom is 0.0743 e. The van der Waals surface area contributed by atoms with Crippen LogP contribution in [0.4, 0.5) is 0 Å². The number of ether oxygens (including phenoxy) is 2. The van der Waals surface area contributed by atoms with Gasteiger partial charge in [0.25, 0.3) is 0 Å². The van der Waals surface area contributed by atoms with Crippen LogP contribution in [0.1, 0.15) is 18.4 Å². The topological polar surface area (TPSA) is 37.8 Å². The fourth-order valence-corrected chi connectivity index (χ4v) is 4.33. The predicted octanol–water partition coefficient (Wildman–Crippen LogP) is 1.64. The highest BCUT2D eigenvalue weighted by atomic mass is 16.5. The van der Waals surface area contributed by atoms with Gasteiger partial charge in [-0.2, -0.15) is 0 Å². The molecular formula is C19H29N3O2. The van der Waals surface area contributed by atoms with Crippen LogP contribution in [0.3, 0.4) is 0 Å². The van der Waals surface area contributed by atoms with Crippen molar-refractivity contribution in [2.24, 2.45) is 11.8 Å². The molecule has 24 heavy (non-hydrogen) atoms. The minimum absolute atomic E-state index is 0.406. The highest BCUT2D eigenvalue weighted by Gasteiger charge is 2.34. The SMILES string of the molecule is c1cc(CN2CCO[C@@H]3CN(C[C@H]4CCOC4)CC[C@@H]3C2)ccn1. The van der Waals surface area contributed by atoms with E-state index in [1.807, 2.05) is 12.4 Å². The molecule has 5 nitrogen and oxygen atoms in total. The zero-order chi connectivity index (χ0) is 16.2. The lowest BCUT2D eigenvalue weighted by Crippen LogP contribution is -2.48. The number of aromatic nitrogens is 1. The molecule has 0 amide bonds. The number of piperidine rings is 1. The van der Waals surface area contributed by atoms with E-state index in [2.05, 4.69) is 26.9 Å². The van der Waals surface area contributed by atoms with E-state index in [1.54, 1.807) is 0 Å². The zero-order valence-electron chi connectivity index (χ0n) is 14.5. The van der Waals surface area contributed by atoms with E-state index in [0.717, 1.165) is 51.9 Å². The number of hydrogen-bond acceptors (Lipinski definition) is 5. The first-order valence-electron chi connectivity index (χ1n) is 9.40. The summed E-state index contributed by atoms with van der Waals surface area (Å²) in [5, 5.41) is 0. The van der Waals surface area contributed by atoms with Crippen molar-refractivity contribution in [2.45, 2.75) is 25.5 Å². The molecule has 3 aliphatic heterocycles. The molecule has 0 unspecified atom stereocenters. The average molecular weight is 331 g/mol. The second kappa shape index (κ2) is 7.91. The molecule has 0 saturated carbocycles. The summed E-state index contributed by atoms with van der Waals surface area (Å²) in [5.41, 5.74) is 1.35. The van der Waals surface area contributed by atoms with Crippen molar-refractivity contribution in [3.63, 3.8) is 0 Å². The minimum atomic E-state index is 0.406. The van der Waals surface area contributed by atoms with Gasteiger partial charge in [0.05, 0.1) is 19.3 Å². The van der Waals surface area contributed by atoms with Crippen LogP contribution in [0, 0.1) is 11.8 Å². The first kappa shape index (κ1) is 16.5. The Morgan fingerprint density at radius 3 is 2.79 bits per heavy atom. The van der Waals surface area contributed by atoms with Crippen LogP contribution in [-0.4, -0.2) is 73.4 Å². The monoisotopic (exact) mass is 331 g/mol. The minimum Gasteiger partial charge on any atom is -0.381 e. The van der Waals surface area contributed by atoms with Gasteiger partial charge < -0.3 is 14.4 Å². The van der Waals surface area contributed by atoms with Gasteiger partial charge in [0.15, 0.2) is 0 Å². The van der Waals surface area contributed by atoms with Gasteiger partial charge in [-0.1, -0.05) is 0 Å². The Hall–Kier alpha value is -1.01. The average Bonchev–Trinajstić information content (AvgIpc) is 3.02. The summed E-state index contributed by atoms with van der Waals surface area (Å²) in [6, 6.07) is 4.24. The molecule has 0 N–H and O–H groups in total. The van der Waals surface area contributed by atoms with Crippen LogP contribution in [0.25, 0.3) is 0 Å². The molecule has 4 rings (SSSR count). The molecule has 132 valence electrons. The number of rotatable bonds is 4. The number of pyridine rings is 1. The summed E-state index contributed by atoms with van der Waals surface area (Å²) < 4.78 is 11.8. The summed E-state index contributed by atoms with van der Waals surface area (Å²) in [6.07, 6.45) is 6.66. The van der Waals surface area contributed by atoms with Gasteiger partial charge in [-0.15, -0.1) is 0 Å². The van der Waals surface area contributed by atoms with Crippen molar-refractivity contribution in [1.82, 2.24) is 14.8 Å². The predicted molar refractivity (Wildman–Crippen MR) is 92.7 cm³/mol. The molecule has 1 aromatic rings. The van der Waals surface area contributed by atoms with Gasteiger partial charge >= 0.3 is 0 Å². The Labute approximate surface area is 144 Å². The van der Waals surface area contributed by atoms with Crippen molar-refractivity contribution in [1.29, 1.82) is 0 Å². The quantitative estimate of drug-likeness (QED) is 0.838. The van der Waals surface area contributed by atoms with E-state index in [9.17, 15) is 0 Å². The van der Waals surface area contributed by atoms with Gasteiger partial charge in [-0.05, 0) is 43.0 Å². The largest absolute Gasteiger partial charge is 0.381 e. The van der Waals surface area contributed by atoms with E-state index in [1.165, 1.54) is 31.5 Å². The van der Waals surface area contributed by atoms with E-state index in [-0.39, 0.29) is 0 Å². The summed E-state index contributed by atoms with van der Waals surface area (Å²) >= 11 is 0. The maximum atomic E-state index is 6.24. The van der Waals surface area contributed by atoms with Crippen LogP contribution in [-0.2, 0) is 16.0 Å². The van der Waals surface area contributed by atoms with Crippen LogP contribution in [0.15, 0.2) is 24.5 Å². The molecule has 3 aliphatic rings. The Morgan fingerprint density at radius 2 is 1.96 bits per heavy atom. The van der Waals surface area contributed by atoms with Crippen molar-refractivity contribution >= 4 is 0 Å². The second-order valence-electron chi connectivity index (χ2n) is 7.54. The molecule has 0 spiro atoms. The lowest BCUT2D eigenvalue weighted by Gasteiger charge is -2.38. The van der Waals surface area contributed by atoms with Crippen LogP contribution in [0.2, 0.25) is 0 Å². The Bertz CT molecular complexity index is 507. The lowest BCUT2D eigenvalue weighted by molar-refractivity contribution is -0.0257. The van der Waals surface area contributed by atoms with Crippen LogP contribution < -0.4 is 0 Å². The van der Waals surface area contributed by atoms with Gasteiger partial charge in [-0.25, -0.2) is 0 Å². The molecule has 0 bridgehead atoms. The second-order valence-corrected chi connectivity index (χ2v) is 7.54. The Balaban J connectivity index is 1.31. The molecule has 3 fully saturated rings. The number of hydrogen-bond donors (Lipinski definition) is 0. The molecule has 4 heterocycles. The van der Waals surface area contributed by atoms with Gasteiger partial charge in [0.1, 0.15) is 0 Å². The van der Waals surface area contributed by atoms with E-state index in [0.29, 0.717) is 12.0 Å². The first-order chi connectivity index (χ1) is 11.9. The molecule has 3 saturated heterocycles. The highest BCUT2D eigenvalue weighted by Crippen LogP contribution is 2.26.